The lowest BCUT2D eigenvalue weighted by Gasteiger charge is -2.17. The number of hydrogen-bond acceptors (Lipinski definition) is 3. The Balaban J connectivity index is 2.11. The third-order valence-electron chi connectivity index (χ3n) is 2.98. The number of amides is 1. The van der Waals surface area contributed by atoms with Crippen LogP contribution < -0.4 is 11.1 Å². The molecule has 1 aromatic heterocycles. The van der Waals surface area contributed by atoms with E-state index in [0.29, 0.717) is 0 Å². The SMILES string of the molecule is Cc1ccncc1C(NCC1CC1)C(N)=O. The van der Waals surface area contributed by atoms with Gasteiger partial charge in [-0.3, -0.25) is 9.78 Å². The minimum atomic E-state index is -0.408. The molecular weight excluding hydrogens is 202 g/mol. The maximum absolute atomic E-state index is 11.4. The van der Waals surface area contributed by atoms with Crippen LogP contribution in [0.2, 0.25) is 0 Å². The highest BCUT2D eigenvalue weighted by molar-refractivity contribution is 5.81. The van der Waals surface area contributed by atoms with E-state index >= 15 is 0 Å². The van der Waals surface area contributed by atoms with E-state index in [2.05, 4.69) is 10.3 Å². The van der Waals surface area contributed by atoms with E-state index in [0.717, 1.165) is 23.6 Å². The monoisotopic (exact) mass is 219 g/mol. The van der Waals surface area contributed by atoms with Gasteiger partial charge >= 0.3 is 0 Å². The summed E-state index contributed by atoms with van der Waals surface area (Å²) in [7, 11) is 0. The summed E-state index contributed by atoms with van der Waals surface area (Å²) >= 11 is 0. The Kier molecular flexibility index (Phi) is 3.19. The fourth-order valence-corrected chi connectivity index (χ4v) is 1.75. The van der Waals surface area contributed by atoms with Gasteiger partial charge in [0.15, 0.2) is 0 Å². The second kappa shape index (κ2) is 4.61. The summed E-state index contributed by atoms with van der Waals surface area (Å²) in [5, 5.41) is 3.22. The van der Waals surface area contributed by atoms with Crippen molar-refractivity contribution < 1.29 is 4.79 Å². The van der Waals surface area contributed by atoms with Crippen LogP contribution in [0.5, 0.6) is 0 Å². The molecule has 4 heteroatoms. The number of primary amides is 1. The fourth-order valence-electron chi connectivity index (χ4n) is 1.75. The Morgan fingerprint density at radius 3 is 3.00 bits per heavy atom. The van der Waals surface area contributed by atoms with Crippen molar-refractivity contribution in [3.63, 3.8) is 0 Å². The first-order valence-electron chi connectivity index (χ1n) is 5.61. The maximum Gasteiger partial charge on any atom is 0.239 e. The van der Waals surface area contributed by atoms with Gasteiger partial charge in [-0.15, -0.1) is 0 Å². The molecule has 3 N–H and O–H groups in total. The lowest BCUT2D eigenvalue weighted by atomic mass is 10.0. The fraction of sp³-hybridized carbons (Fsp3) is 0.500. The van der Waals surface area contributed by atoms with Crippen LogP contribution in [-0.4, -0.2) is 17.4 Å². The molecule has 1 atom stereocenters. The molecule has 1 saturated carbocycles. The first-order chi connectivity index (χ1) is 7.68. The van der Waals surface area contributed by atoms with Crippen molar-refractivity contribution in [2.45, 2.75) is 25.8 Å². The molecule has 1 unspecified atom stereocenters. The molecular formula is C12H17N3O. The first-order valence-corrected chi connectivity index (χ1v) is 5.61. The summed E-state index contributed by atoms with van der Waals surface area (Å²) in [6.07, 6.45) is 5.94. The summed E-state index contributed by atoms with van der Waals surface area (Å²) < 4.78 is 0. The van der Waals surface area contributed by atoms with Crippen molar-refractivity contribution in [1.82, 2.24) is 10.3 Å². The normalized spacial score (nSPS) is 17.1. The average molecular weight is 219 g/mol. The lowest BCUT2D eigenvalue weighted by Crippen LogP contribution is -2.35. The largest absolute Gasteiger partial charge is 0.368 e. The van der Waals surface area contributed by atoms with E-state index in [1.165, 1.54) is 12.8 Å². The number of carbonyl (C=O) groups is 1. The summed E-state index contributed by atoms with van der Waals surface area (Å²) in [5.41, 5.74) is 7.34. The molecule has 2 rings (SSSR count). The van der Waals surface area contributed by atoms with Gasteiger partial charge in [-0.2, -0.15) is 0 Å². The topological polar surface area (TPSA) is 68.0 Å². The Hall–Kier alpha value is -1.42. The van der Waals surface area contributed by atoms with E-state index in [4.69, 9.17) is 5.73 Å². The predicted molar refractivity (Wildman–Crippen MR) is 61.6 cm³/mol. The molecule has 0 radical (unpaired) electrons. The Morgan fingerprint density at radius 1 is 1.69 bits per heavy atom. The number of nitrogens with one attached hydrogen (secondary N) is 1. The average Bonchev–Trinajstić information content (AvgIpc) is 3.04. The van der Waals surface area contributed by atoms with Crippen LogP contribution in [-0.2, 0) is 4.79 Å². The van der Waals surface area contributed by atoms with Crippen molar-refractivity contribution in [1.29, 1.82) is 0 Å². The molecule has 0 spiro atoms. The number of aromatic nitrogens is 1. The minimum Gasteiger partial charge on any atom is -0.368 e. The minimum absolute atomic E-state index is 0.336. The predicted octanol–water partition coefficient (Wildman–Crippen LogP) is 0.916. The van der Waals surface area contributed by atoms with E-state index in [1.54, 1.807) is 12.4 Å². The Morgan fingerprint density at radius 2 is 2.44 bits per heavy atom. The highest BCUT2D eigenvalue weighted by Crippen LogP contribution is 2.28. The van der Waals surface area contributed by atoms with Crippen molar-refractivity contribution in [3.8, 4) is 0 Å². The van der Waals surface area contributed by atoms with Crippen LogP contribution in [0, 0.1) is 12.8 Å². The lowest BCUT2D eigenvalue weighted by molar-refractivity contribution is -0.120. The molecule has 0 saturated heterocycles. The van der Waals surface area contributed by atoms with Gasteiger partial charge in [0.25, 0.3) is 0 Å². The molecule has 1 aliphatic carbocycles. The molecule has 1 aliphatic rings. The zero-order valence-corrected chi connectivity index (χ0v) is 9.44. The number of nitrogens with two attached hydrogens (primary N) is 1. The molecule has 0 aliphatic heterocycles. The van der Waals surface area contributed by atoms with E-state index in [9.17, 15) is 4.79 Å². The van der Waals surface area contributed by atoms with Crippen LogP contribution >= 0.6 is 0 Å². The molecule has 0 bridgehead atoms. The molecule has 1 heterocycles. The summed E-state index contributed by atoms with van der Waals surface area (Å²) in [6.45, 7) is 2.83. The highest BCUT2D eigenvalue weighted by atomic mass is 16.1. The maximum atomic E-state index is 11.4. The van der Waals surface area contributed by atoms with Crippen molar-refractivity contribution >= 4 is 5.91 Å². The summed E-state index contributed by atoms with van der Waals surface area (Å²) in [4.78, 5) is 15.5. The van der Waals surface area contributed by atoms with E-state index in [1.807, 2.05) is 13.0 Å². The zero-order chi connectivity index (χ0) is 11.5. The summed E-state index contributed by atoms with van der Waals surface area (Å²) in [5.74, 6) is 0.385. The third kappa shape index (κ3) is 2.58. The van der Waals surface area contributed by atoms with Crippen LogP contribution in [0.25, 0.3) is 0 Å². The molecule has 16 heavy (non-hydrogen) atoms. The molecule has 1 amide bonds. The van der Waals surface area contributed by atoms with Crippen molar-refractivity contribution in [2.75, 3.05) is 6.54 Å². The van der Waals surface area contributed by atoms with Gasteiger partial charge in [-0.25, -0.2) is 0 Å². The molecule has 1 fully saturated rings. The van der Waals surface area contributed by atoms with Gasteiger partial charge in [0.1, 0.15) is 6.04 Å². The number of carbonyl (C=O) groups excluding carboxylic acids is 1. The highest BCUT2D eigenvalue weighted by Gasteiger charge is 2.25. The smallest absolute Gasteiger partial charge is 0.239 e. The second-order valence-electron chi connectivity index (χ2n) is 4.42. The zero-order valence-electron chi connectivity index (χ0n) is 9.44. The van der Waals surface area contributed by atoms with E-state index < -0.39 is 6.04 Å². The number of rotatable bonds is 5. The second-order valence-corrected chi connectivity index (χ2v) is 4.42. The quantitative estimate of drug-likeness (QED) is 0.773. The molecule has 0 aromatic carbocycles. The van der Waals surface area contributed by atoms with E-state index in [-0.39, 0.29) is 5.91 Å². The number of nitrogens with zero attached hydrogens (tertiary/aromatic N) is 1. The number of hydrogen-bond donors (Lipinski definition) is 2. The van der Waals surface area contributed by atoms with Crippen LogP contribution in [0.1, 0.15) is 30.0 Å². The van der Waals surface area contributed by atoms with Crippen LogP contribution in [0.15, 0.2) is 18.5 Å². The first kappa shape index (κ1) is 11.1. The van der Waals surface area contributed by atoms with Gasteiger partial charge in [-0.05, 0) is 49.4 Å². The van der Waals surface area contributed by atoms with Gasteiger partial charge < -0.3 is 11.1 Å². The van der Waals surface area contributed by atoms with Crippen LogP contribution in [0.3, 0.4) is 0 Å². The Labute approximate surface area is 95.3 Å². The van der Waals surface area contributed by atoms with Crippen molar-refractivity contribution in [3.05, 3.63) is 29.6 Å². The standard InChI is InChI=1S/C12H17N3O/c1-8-4-5-14-7-10(8)11(12(13)16)15-6-9-2-3-9/h4-5,7,9,11,15H,2-3,6H2,1H3,(H2,13,16). The van der Waals surface area contributed by atoms with Gasteiger partial charge in [0.05, 0.1) is 0 Å². The molecule has 86 valence electrons. The van der Waals surface area contributed by atoms with Gasteiger partial charge in [0, 0.05) is 12.4 Å². The van der Waals surface area contributed by atoms with Gasteiger partial charge in [-0.1, -0.05) is 0 Å². The Bertz CT molecular complexity index is 388. The van der Waals surface area contributed by atoms with Gasteiger partial charge in [0.2, 0.25) is 5.91 Å². The third-order valence-corrected chi connectivity index (χ3v) is 2.98. The molecule has 1 aromatic rings. The molecule has 4 nitrogen and oxygen atoms in total. The number of aryl methyl sites for hydroxylation is 1. The van der Waals surface area contributed by atoms with Crippen molar-refractivity contribution in [2.24, 2.45) is 11.7 Å². The van der Waals surface area contributed by atoms with Crippen LogP contribution in [0.4, 0.5) is 0 Å². The number of pyridine rings is 1. The summed E-state index contributed by atoms with van der Waals surface area (Å²) in [6, 6.07) is 1.48.